The molecule has 0 spiro atoms. The van der Waals surface area contributed by atoms with E-state index in [1.807, 2.05) is 0 Å². The smallest absolute Gasteiger partial charge is 0.422 e. The summed E-state index contributed by atoms with van der Waals surface area (Å²) in [5.41, 5.74) is 1.40. The fraction of sp³-hybridized carbons (Fsp3) is 0.438. The minimum atomic E-state index is -4.47. The number of fused-ring (bicyclic) bond motifs is 1. The zero-order chi connectivity index (χ0) is 18.9. The number of halogens is 3. The molecule has 3 aromatic rings. The first-order valence-corrected chi connectivity index (χ1v) is 8.42. The first-order valence-electron chi connectivity index (χ1n) is 8.42. The van der Waals surface area contributed by atoms with Crippen molar-refractivity contribution in [3.05, 3.63) is 24.5 Å². The van der Waals surface area contributed by atoms with Gasteiger partial charge in [0.2, 0.25) is 11.8 Å². The fourth-order valence-corrected chi connectivity index (χ4v) is 2.92. The monoisotopic (exact) mass is 382 g/mol. The fourth-order valence-electron chi connectivity index (χ4n) is 2.92. The highest BCUT2D eigenvalue weighted by Gasteiger charge is 2.30. The Bertz CT molecular complexity index is 903. The molecular weight excluding hydrogens is 365 g/mol. The van der Waals surface area contributed by atoms with Crippen LogP contribution in [0.3, 0.4) is 0 Å². The Hall–Kier alpha value is -2.82. The highest BCUT2D eigenvalue weighted by atomic mass is 19.4. The van der Waals surface area contributed by atoms with E-state index in [1.54, 1.807) is 18.3 Å². The number of hydrogen-bond donors (Lipinski definition) is 2. The van der Waals surface area contributed by atoms with Gasteiger partial charge < -0.3 is 14.8 Å². The Labute approximate surface area is 151 Å². The predicted molar refractivity (Wildman–Crippen MR) is 89.6 cm³/mol. The second-order valence-electron chi connectivity index (χ2n) is 6.18. The van der Waals surface area contributed by atoms with Crippen molar-refractivity contribution in [2.24, 2.45) is 0 Å². The van der Waals surface area contributed by atoms with E-state index in [0.29, 0.717) is 35.9 Å². The van der Waals surface area contributed by atoms with Crippen molar-refractivity contribution in [2.75, 3.05) is 25.1 Å². The summed E-state index contributed by atoms with van der Waals surface area (Å²) in [6.07, 6.45) is 0.222. The number of aromatic nitrogens is 5. The van der Waals surface area contributed by atoms with Gasteiger partial charge >= 0.3 is 6.18 Å². The summed E-state index contributed by atoms with van der Waals surface area (Å²) in [6.45, 7) is -0.134. The second-order valence-corrected chi connectivity index (χ2v) is 6.18. The third-order valence-electron chi connectivity index (χ3n) is 4.19. The van der Waals surface area contributed by atoms with Gasteiger partial charge in [-0.2, -0.15) is 27.8 Å². The summed E-state index contributed by atoms with van der Waals surface area (Å²) in [5, 5.41) is 14.0. The van der Waals surface area contributed by atoms with Crippen molar-refractivity contribution in [3.63, 3.8) is 0 Å². The molecule has 0 aromatic carbocycles. The zero-order valence-corrected chi connectivity index (χ0v) is 14.2. The molecule has 0 bridgehead atoms. The number of alkyl halides is 3. The van der Waals surface area contributed by atoms with Crippen molar-refractivity contribution < 1.29 is 22.6 Å². The van der Waals surface area contributed by atoms with E-state index in [0.717, 1.165) is 12.8 Å². The lowest BCUT2D eigenvalue weighted by Crippen LogP contribution is -2.28. The Kier molecular flexibility index (Phi) is 4.60. The van der Waals surface area contributed by atoms with Gasteiger partial charge in [0.15, 0.2) is 12.3 Å². The van der Waals surface area contributed by atoms with Crippen molar-refractivity contribution in [2.45, 2.75) is 25.1 Å². The molecular formula is C16H17F3N6O2. The van der Waals surface area contributed by atoms with E-state index < -0.39 is 12.8 Å². The molecule has 2 N–H and O–H groups in total. The number of ether oxygens (including phenoxy) is 2. The van der Waals surface area contributed by atoms with Crippen LogP contribution in [0.4, 0.5) is 19.1 Å². The Morgan fingerprint density at radius 1 is 1.30 bits per heavy atom. The van der Waals surface area contributed by atoms with Crippen LogP contribution in [0.5, 0.6) is 5.88 Å². The van der Waals surface area contributed by atoms with Gasteiger partial charge in [-0.3, -0.25) is 5.10 Å². The number of nitrogens with one attached hydrogen (secondary N) is 2. The highest BCUT2D eigenvalue weighted by Crippen LogP contribution is 2.31. The third kappa shape index (κ3) is 3.97. The van der Waals surface area contributed by atoms with Crippen LogP contribution in [0.1, 0.15) is 12.8 Å². The SMILES string of the molecule is FC(F)(F)COc1c(-c2cn[nH]c2)ccc2nc(NC3CCOCC3)nn12. The van der Waals surface area contributed by atoms with Gasteiger partial charge in [0.05, 0.1) is 6.20 Å². The van der Waals surface area contributed by atoms with Gasteiger partial charge in [-0.15, -0.1) is 5.10 Å². The first kappa shape index (κ1) is 17.6. The number of hydrogen-bond acceptors (Lipinski definition) is 6. The molecule has 1 fully saturated rings. The van der Waals surface area contributed by atoms with Crippen LogP contribution in [-0.4, -0.2) is 56.8 Å². The Morgan fingerprint density at radius 2 is 2.11 bits per heavy atom. The predicted octanol–water partition coefficient (Wildman–Crippen LogP) is 2.65. The van der Waals surface area contributed by atoms with Crippen molar-refractivity contribution in [1.82, 2.24) is 24.8 Å². The first-order chi connectivity index (χ1) is 13.0. The molecule has 27 heavy (non-hydrogen) atoms. The maximum atomic E-state index is 12.7. The maximum Gasteiger partial charge on any atom is 0.422 e. The minimum Gasteiger partial charge on any atom is -0.467 e. The molecule has 144 valence electrons. The van der Waals surface area contributed by atoms with Gasteiger partial charge in [-0.1, -0.05) is 0 Å². The average Bonchev–Trinajstić information content (AvgIpc) is 3.29. The van der Waals surface area contributed by atoms with Crippen LogP contribution < -0.4 is 10.1 Å². The van der Waals surface area contributed by atoms with Crippen LogP contribution in [0, 0.1) is 0 Å². The number of rotatable bonds is 5. The Balaban J connectivity index is 1.70. The van der Waals surface area contributed by atoms with Crippen molar-refractivity contribution in [3.8, 4) is 17.0 Å². The number of H-pyrrole nitrogens is 1. The molecule has 1 saturated heterocycles. The lowest BCUT2D eigenvalue weighted by molar-refractivity contribution is -0.154. The largest absolute Gasteiger partial charge is 0.467 e. The van der Waals surface area contributed by atoms with Crippen LogP contribution >= 0.6 is 0 Å². The molecule has 0 amide bonds. The van der Waals surface area contributed by atoms with E-state index in [2.05, 4.69) is 25.6 Å². The van der Waals surface area contributed by atoms with E-state index >= 15 is 0 Å². The zero-order valence-electron chi connectivity index (χ0n) is 14.2. The molecule has 4 heterocycles. The van der Waals surface area contributed by atoms with E-state index in [4.69, 9.17) is 9.47 Å². The third-order valence-corrected chi connectivity index (χ3v) is 4.19. The number of aromatic amines is 1. The Morgan fingerprint density at radius 3 is 2.81 bits per heavy atom. The van der Waals surface area contributed by atoms with Gasteiger partial charge in [-0.25, -0.2) is 0 Å². The molecule has 11 heteroatoms. The average molecular weight is 382 g/mol. The van der Waals surface area contributed by atoms with Gasteiger partial charge in [0, 0.05) is 36.6 Å². The van der Waals surface area contributed by atoms with E-state index in [-0.39, 0.29) is 11.9 Å². The van der Waals surface area contributed by atoms with E-state index in [9.17, 15) is 13.2 Å². The molecule has 4 rings (SSSR count). The quantitative estimate of drug-likeness (QED) is 0.705. The molecule has 8 nitrogen and oxygen atoms in total. The number of pyridine rings is 1. The second kappa shape index (κ2) is 7.06. The molecule has 0 saturated carbocycles. The molecule has 0 atom stereocenters. The van der Waals surface area contributed by atoms with Crippen LogP contribution in [0.2, 0.25) is 0 Å². The van der Waals surface area contributed by atoms with Crippen LogP contribution in [-0.2, 0) is 4.74 Å². The van der Waals surface area contributed by atoms with Crippen molar-refractivity contribution in [1.29, 1.82) is 0 Å². The molecule has 0 radical (unpaired) electrons. The normalized spacial score (nSPS) is 16.0. The van der Waals surface area contributed by atoms with E-state index in [1.165, 1.54) is 10.7 Å². The molecule has 3 aromatic heterocycles. The van der Waals surface area contributed by atoms with Crippen molar-refractivity contribution >= 4 is 11.6 Å². The number of anilines is 1. The summed E-state index contributed by atoms with van der Waals surface area (Å²) in [5.74, 6) is 0.293. The molecule has 0 aliphatic carbocycles. The van der Waals surface area contributed by atoms with Gasteiger partial charge in [0.25, 0.3) is 0 Å². The summed E-state index contributed by atoms with van der Waals surface area (Å²) >= 11 is 0. The van der Waals surface area contributed by atoms with Crippen LogP contribution in [0.15, 0.2) is 24.5 Å². The number of nitrogens with zero attached hydrogens (tertiary/aromatic N) is 4. The molecule has 1 aliphatic heterocycles. The van der Waals surface area contributed by atoms with Gasteiger partial charge in [0.1, 0.15) is 0 Å². The van der Waals surface area contributed by atoms with Crippen LogP contribution in [0.25, 0.3) is 16.8 Å². The summed E-state index contributed by atoms with van der Waals surface area (Å²) in [6, 6.07) is 3.47. The lowest BCUT2D eigenvalue weighted by Gasteiger charge is -2.22. The molecule has 0 unspecified atom stereocenters. The minimum absolute atomic E-state index is 0.0428. The lowest BCUT2D eigenvalue weighted by atomic mass is 10.1. The topological polar surface area (TPSA) is 89.4 Å². The summed E-state index contributed by atoms with van der Waals surface area (Å²) in [7, 11) is 0. The molecule has 1 aliphatic rings. The maximum absolute atomic E-state index is 12.7. The summed E-state index contributed by atoms with van der Waals surface area (Å²) in [4.78, 5) is 4.35. The highest BCUT2D eigenvalue weighted by molar-refractivity contribution is 5.70. The summed E-state index contributed by atoms with van der Waals surface area (Å²) < 4.78 is 49.8. The van der Waals surface area contributed by atoms with Gasteiger partial charge in [-0.05, 0) is 25.0 Å². The standard InChI is InChI=1S/C16H17F3N6O2/c17-16(18,19)9-27-14-12(10-7-20-21-8-10)1-2-13-23-15(24-25(13)14)22-11-3-5-26-6-4-11/h1-2,7-8,11H,3-6,9H2,(H,20,21)(H,22,24).